The van der Waals surface area contributed by atoms with E-state index < -0.39 is 0 Å². The molecule has 2 aliphatic heterocycles. The van der Waals surface area contributed by atoms with Gasteiger partial charge in [0, 0.05) is 31.9 Å². The Hall–Kier alpha value is -1.00. The number of nitrogens with one attached hydrogen (secondary N) is 1. The van der Waals surface area contributed by atoms with Gasteiger partial charge < -0.3 is 14.8 Å². The van der Waals surface area contributed by atoms with Crippen molar-refractivity contribution in [2.75, 3.05) is 19.6 Å². The molecule has 0 aromatic carbocycles. The number of hydrogen-bond acceptors (Lipinski definition) is 2. The largest absolute Gasteiger partial charge is 0.342 e. The predicted molar refractivity (Wildman–Crippen MR) is 75.5 cm³/mol. The van der Waals surface area contributed by atoms with Crippen molar-refractivity contribution >= 4 is 17.5 Å². The van der Waals surface area contributed by atoms with Crippen molar-refractivity contribution in [3.63, 3.8) is 0 Å². The molecule has 0 unspecified atom stereocenters. The SMILES string of the molecule is CCn1cc(Cl)cc1C(=O)N1C[C@@H]2CCCN[C@@H]2C1. The summed E-state index contributed by atoms with van der Waals surface area (Å²) in [5.74, 6) is 0.739. The molecular weight excluding hydrogens is 262 g/mol. The number of halogens is 1. The molecule has 104 valence electrons. The van der Waals surface area contributed by atoms with Crippen LogP contribution in [0, 0.1) is 5.92 Å². The number of carbonyl (C=O) groups excluding carboxylic acids is 1. The van der Waals surface area contributed by atoms with E-state index in [9.17, 15) is 4.79 Å². The molecule has 2 aliphatic rings. The molecule has 5 heteroatoms. The molecule has 3 heterocycles. The van der Waals surface area contributed by atoms with Crippen LogP contribution in [-0.2, 0) is 6.54 Å². The van der Waals surface area contributed by atoms with Crippen LogP contribution in [0.4, 0.5) is 0 Å². The summed E-state index contributed by atoms with van der Waals surface area (Å²) in [6.07, 6.45) is 4.29. The number of piperidine rings is 1. The molecule has 3 rings (SSSR count). The van der Waals surface area contributed by atoms with Gasteiger partial charge >= 0.3 is 0 Å². The fourth-order valence-electron chi connectivity index (χ4n) is 3.29. The van der Waals surface area contributed by atoms with Gasteiger partial charge in [-0.1, -0.05) is 11.6 Å². The van der Waals surface area contributed by atoms with Gasteiger partial charge in [-0.25, -0.2) is 0 Å². The molecule has 0 bridgehead atoms. The normalized spacial score (nSPS) is 26.5. The van der Waals surface area contributed by atoms with E-state index in [2.05, 4.69) is 5.32 Å². The maximum absolute atomic E-state index is 12.6. The minimum Gasteiger partial charge on any atom is -0.342 e. The van der Waals surface area contributed by atoms with Gasteiger partial charge in [0.25, 0.3) is 5.91 Å². The monoisotopic (exact) mass is 281 g/mol. The lowest BCUT2D eigenvalue weighted by Gasteiger charge is -2.24. The molecule has 1 aromatic rings. The molecule has 2 atom stereocenters. The van der Waals surface area contributed by atoms with Gasteiger partial charge in [0.1, 0.15) is 5.69 Å². The third-order valence-electron chi connectivity index (χ3n) is 4.31. The van der Waals surface area contributed by atoms with Gasteiger partial charge in [0.05, 0.1) is 5.02 Å². The molecule has 1 aromatic heterocycles. The summed E-state index contributed by atoms with van der Waals surface area (Å²) in [4.78, 5) is 14.6. The first-order chi connectivity index (χ1) is 9.19. The first-order valence-corrected chi connectivity index (χ1v) is 7.45. The molecule has 0 saturated carbocycles. The van der Waals surface area contributed by atoms with Crippen molar-refractivity contribution in [3.05, 3.63) is 23.0 Å². The number of fused-ring (bicyclic) bond motifs is 1. The van der Waals surface area contributed by atoms with Crippen molar-refractivity contribution in [1.29, 1.82) is 0 Å². The second kappa shape index (κ2) is 5.17. The second-order valence-electron chi connectivity index (χ2n) is 5.50. The summed E-state index contributed by atoms with van der Waals surface area (Å²) in [6, 6.07) is 2.27. The minimum absolute atomic E-state index is 0.116. The fourth-order valence-corrected chi connectivity index (χ4v) is 3.51. The zero-order valence-corrected chi connectivity index (χ0v) is 12.0. The number of likely N-dealkylation sites (tertiary alicyclic amines) is 1. The van der Waals surface area contributed by atoms with Crippen LogP contribution in [0.5, 0.6) is 0 Å². The van der Waals surface area contributed by atoms with Gasteiger partial charge in [-0.3, -0.25) is 4.79 Å². The van der Waals surface area contributed by atoms with Crippen molar-refractivity contribution in [2.45, 2.75) is 32.4 Å². The van der Waals surface area contributed by atoms with Crippen LogP contribution >= 0.6 is 11.6 Å². The molecule has 2 fully saturated rings. The third kappa shape index (κ3) is 2.39. The molecule has 19 heavy (non-hydrogen) atoms. The number of rotatable bonds is 2. The van der Waals surface area contributed by atoms with E-state index in [1.807, 2.05) is 22.6 Å². The average Bonchev–Trinajstić information content (AvgIpc) is 3.00. The van der Waals surface area contributed by atoms with Crippen LogP contribution in [0.3, 0.4) is 0 Å². The highest BCUT2D eigenvalue weighted by molar-refractivity contribution is 6.31. The van der Waals surface area contributed by atoms with E-state index in [0.29, 0.717) is 22.7 Å². The van der Waals surface area contributed by atoms with Crippen LogP contribution < -0.4 is 5.32 Å². The highest BCUT2D eigenvalue weighted by Crippen LogP contribution is 2.26. The smallest absolute Gasteiger partial charge is 0.270 e. The quantitative estimate of drug-likeness (QED) is 0.900. The van der Waals surface area contributed by atoms with Crippen molar-refractivity contribution < 1.29 is 4.79 Å². The fraction of sp³-hybridized carbons (Fsp3) is 0.643. The standard InChI is InChI=1S/C14H20ClN3O/c1-2-17-8-11(15)6-13(17)14(19)18-7-10-4-3-5-16-12(10)9-18/h6,8,10,12,16H,2-5,7,9H2,1H3/t10-,12+/m0/s1. The summed E-state index contributed by atoms with van der Waals surface area (Å²) in [5, 5.41) is 4.16. The maximum Gasteiger partial charge on any atom is 0.270 e. The first kappa shape index (κ1) is 13.0. The van der Waals surface area contributed by atoms with E-state index in [1.165, 1.54) is 12.8 Å². The molecule has 0 radical (unpaired) electrons. The third-order valence-corrected chi connectivity index (χ3v) is 4.52. The summed E-state index contributed by atoms with van der Waals surface area (Å²) in [7, 11) is 0. The molecular formula is C14H20ClN3O. The molecule has 0 aliphatic carbocycles. The summed E-state index contributed by atoms with van der Waals surface area (Å²) < 4.78 is 1.93. The lowest BCUT2D eigenvalue weighted by molar-refractivity contribution is 0.0775. The Morgan fingerprint density at radius 2 is 2.37 bits per heavy atom. The minimum atomic E-state index is 0.116. The lowest BCUT2D eigenvalue weighted by Crippen LogP contribution is -2.41. The zero-order chi connectivity index (χ0) is 13.4. The Morgan fingerprint density at radius 1 is 1.53 bits per heavy atom. The highest BCUT2D eigenvalue weighted by atomic mass is 35.5. The lowest BCUT2D eigenvalue weighted by atomic mass is 9.94. The van der Waals surface area contributed by atoms with E-state index in [0.717, 1.165) is 26.2 Å². The molecule has 4 nitrogen and oxygen atoms in total. The first-order valence-electron chi connectivity index (χ1n) is 7.07. The molecule has 1 amide bonds. The molecule has 1 N–H and O–H groups in total. The van der Waals surface area contributed by atoms with Gasteiger partial charge in [-0.15, -0.1) is 0 Å². The van der Waals surface area contributed by atoms with E-state index in [4.69, 9.17) is 11.6 Å². The number of aryl methyl sites for hydroxylation is 1. The molecule has 0 spiro atoms. The van der Waals surface area contributed by atoms with Gasteiger partial charge in [-0.05, 0) is 38.3 Å². The Labute approximate surface area is 118 Å². The topological polar surface area (TPSA) is 37.3 Å². The van der Waals surface area contributed by atoms with E-state index in [1.54, 1.807) is 6.07 Å². The molecule has 2 saturated heterocycles. The van der Waals surface area contributed by atoms with Crippen LogP contribution in [0.1, 0.15) is 30.3 Å². The van der Waals surface area contributed by atoms with Crippen molar-refractivity contribution in [2.24, 2.45) is 5.92 Å². The van der Waals surface area contributed by atoms with Crippen LogP contribution in [-0.4, -0.2) is 41.1 Å². The van der Waals surface area contributed by atoms with Gasteiger partial charge in [0.15, 0.2) is 0 Å². The van der Waals surface area contributed by atoms with Crippen molar-refractivity contribution in [1.82, 2.24) is 14.8 Å². The summed E-state index contributed by atoms with van der Waals surface area (Å²) >= 11 is 6.01. The van der Waals surface area contributed by atoms with Crippen LogP contribution in [0.2, 0.25) is 5.02 Å². The Bertz CT molecular complexity index is 471. The zero-order valence-electron chi connectivity index (χ0n) is 11.2. The number of amides is 1. The average molecular weight is 282 g/mol. The Morgan fingerprint density at radius 3 is 3.11 bits per heavy atom. The summed E-state index contributed by atoms with van der Waals surface area (Å²) in [6.45, 7) is 5.59. The van der Waals surface area contributed by atoms with Gasteiger partial charge in [0.2, 0.25) is 0 Å². The van der Waals surface area contributed by atoms with E-state index >= 15 is 0 Å². The summed E-state index contributed by atoms with van der Waals surface area (Å²) in [5.41, 5.74) is 0.714. The number of aromatic nitrogens is 1. The number of carbonyl (C=O) groups is 1. The predicted octanol–water partition coefficient (Wildman–Crippen LogP) is 1.99. The van der Waals surface area contributed by atoms with Crippen LogP contribution in [0.25, 0.3) is 0 Å². The Balaban J connectivity index is 1.77. The number of hydrogen-bond donors (Lipinski definition) is 1. The maximum atomic E-state index is 12.6. The van der Waals surface area contributed by atoms with Crippen LogP contribution in [0.15, 0.2) is 12.3 Å². The van der Waals surface area contributed by atoms with Gasteiger partial charge in [-0.2, -0.15) is 0 Å². The number of nitrogens with zero attached hydrogens (tertiary/aromatic N) is 2. The second-order valence-corrected chi connectivity index (χ2v) is 5.94. The van der Waals surface area contributed by atoms with Crippen molar-refractivity contribution in [3.8, 4) is 0 Å². The Kier molecular flexibility index (Phi) is 3.54. The van der Waals surface area contributed by atoms with E-state index in [-0.39, 0.29) is 5.91 Å². The highest BCUT2D eigenvalue weighted by Gasteiger charge is 2.37.